The van der Waals surface area contributed by atoms with E-state index in [1.165, 1.54) is 4.57 Å². The zero-order valence-corrected chi connectivity index (χ0v) is 17.2. The first-order valence-electron chi connectivity index (χ1n) is 10.5. The summed E-state index contributed by atoms with van der Waals surface area (Å²) in [7, 11) is 1.69. The Labute approximate surface area is 174 Å². The van der Waals surface area contributed by atoms with Crippen molar-refractivity contribution in [2.24, 2.45) is 18.9 Å². The smallest absolute Gasteiger partial charge is 0.263 e. The van der Waals surface area contributed by atoms with Gasteiger partial charge in [-0.1, -0.05) is 12.1 Å². The number of likely N-dealkylation sites (tertiary alicyclic amines) is 1. The number of carbonyl (C=O) groups is 1. The number of aromatic nitrogens is 3. The van der Waals surface area contributed by atoms with Crippen LogP contribution in [0.1, 0.15) is 34.9 Å². The molecule has 0 radical (unpaired) electrons. The third-order valence-electron chi connectivity index (χ3n) is 7.02. The Morgan fingerprint density at radius 2 is 1.83 bits per heavy atom. The number of para-hydroxylation sites is 2. The minimum Gasteiger partial charge on any atom is -0.391 e. The molecule has 3 heterocycles. The average Bonchev–Trinajstić information content (AvgIpc) is 3.35. The number of aryl methyl sites for hydroxylation is 1. The summed E-state index contributed by atoms with van der Waals surface area (Å²) in [5.41, 5.74) is 2.74. The number of carbonyl (C=O) groups excluding carboxylic acids is 1. The summed E-state index contributed by atoms with van der Waals surface area (Å²) in [6.07, 6.45) is 2.78. The first-order valence-corrected chi connectivity index (χ1v) is 10.5. The summed E-state index contributed by atoms with van der Waals surface area (Å²) in [5, 5.41) is 10.9. The molecule has 7 heteroatoms. The van der Waals surface area contributed by atoms with Crippen molar-refractivity contribution in [3.8, 4) is 0 Å². The monoisotopic (exact) mass is 406 g/mol. The van der Waals surface area contributed by atoms with Crippen LogP contribution in [0.15, 0.2) is 47.5 Å². The highest BCUT2D eigenvalue weighted by Crippen LogP contribution is 2.42. The molecule has 5 rings (SSSR count). The molecule has 1 aliphatic heterocycles. The van der Waals surface area contributed by atoms with E-state index in [9.17, 15) is 14.7 Å². The van der Waals surface area contributed by atoms with Gasteiger partial charge in [-0.05, 0) is 55.9 Å². The molecule has 4 atom stereocenters. The second-order valence-electron chi connectivity index (χ2n) is 8.73. The molecular weight excluding hydrogens is 380 g/mol. The topological polar surface area (TPSA) is 80.4 Å². The van der Waals surface area contributed by atoms with Gasteiger partial charge in [0, 0.05) is 25.8 Å². The molecule has 1 saturated heterocycles. The maximum Gasteiger partial charge on any atom is 0.263 e. The number of amides is 1. The van der Waals surface area contributed by atoms with Crippen molar-refractivity contribution in [3.63, 3.8) is 0 Å². The molecule has 156 valence electrons. The van der Waals surface area contributed by atoms with Gasteiger partial charge in [0.25, 0.3) is 11.5 Å². The van der Waals surface area contributed by atoms with Gasteiger partial charge in [0.2, 0.25) is 0 Å². The second kappa shape index (κ2) is 7.09. The molecule has 2 aliphatic rings. The van der Waals surface area contributed by atoms with Crippen LogP contribution in [0.2, 0.25) is 0 Å². The molecule has 1 aromatic carbocycles. The van der Waals surface area contributed by atoms with Gasteiger partial charge in [0.05, 0.1) is 29.5 Å². The lowest BCUT2D eigenvalue weighted by Crippen LogP contribution is -2.36. The van der Waals surface area contributed by atoms with Crippen LogP contribution in [0.4, 0.5) is 0 Å². The Hall–Kier alpha value is -2.93. The lowest BCUT2D eigenvalue weighted by molar-refractivity contribution is 0.0374. The van der Waals surface area contributed by atoms with Crippen molar-refractivity contribution in [3.05, 3.63) is 64.3 Å². The third-order valence-corrected chi connectivity index (χ3v) is 7.02. The summed E-state index contributed by atoms with van der Waals surface area (Å²) in [6, 6.07) is 11.3. The molecule has 0 spiro atoms. The fourth-order valence-electron chi connectivity index (χ4n) is 5.18. The number of aliphatic hydroxyl groups is 1. The average molecular weight is 406 g/mol. The van der Waals surface area contributed by atoms with Gasteiger partial charge in [-0.25, -0.2) is 4.98 Å². The van der Waals surface area contributed by atoms with Gasteiger partial charge >= 0.3 is 0 Å². The van der Waals surface area contributed by atoms with Gasteiger partial charge in [-0.2, -0.15) is 0 Å². The van der Waals surface area contributed by atoms with E-state index < -0.39 is 6.10 Å². The van der Waals surface area contributed by atoms with E-state index >= 15 is 0 Å². The van der Waals surface area contributed by atoms with Crippen LogP contribution in [-0.4, -0.2) is 49.2 Å². The van der Waals surface area contributed by atoms with Crippen molar-refractivity contribution in [1.82, 2.24) is 19.0 Å². The molecule has 0 bridgehead atoms. The number of nitrogens with zero attached hydrogens (tertiary/aromatic N) is 4. The molecule has 3 aromatic rings. The highest BCUT2D eigenvalue weighted by atomic mass is 16.3. The van der Waals surface area contributed by atoms with Gasteiger partial charge in [0.1, 0.15) is 5.56 Å². The van der Waals surface area contributed by atoms with Crippen LogP contribution in [0.3, 0.4) is 0 Å². The molecule has 2 aromatic heterocycles. The second-order valence-corrected chi connectivity index (χ2v) is 8.73. The molecule has 1 aliphatic carbocycles. The standard InChI is InChI=1S/C23H26N4O3/c1-14-7-8-17(22(29)25(14)2)23(30)26-11-15-9-20(21(28)10-16(15)12-26)27-13-24-18-5-3-4-6-19(18)27/h3-8,13,15-16,20-21,28H,9-12H2,1-2H3/t15-,16+,20-,21-/m1/s1. The van der Waals surface area contributed by atoms with Gasteiger partial charge < -0.3 is 19.1 Å². The lowest BCUT2D eigenvalue weighted by Gasteiger charge is -2.36. The van der Waals surface area contributed by atoms with Crippen LogP contribution in [0.25, 0.3) is 11.0 Å². The Bertz CT molecular complexity index is 1180. The number of hydrogen-bond donors (Lipinski definition) is 1. The van der Waals surface area contributed by atoms with Crippen molar-refractivity contribution < 1.29 is 9.90 Å². The maximum atomic E-state index is 13.1. The molecule has 30 heavy (non-hydrogen) atoms. The van der Waals surface area contributed by atoms with E-state index in [0.717, 1.165) is 23.1 Å². The molecule has 2 fully saturated rings. The number of fused-ring (bicyclic) bond motifs is 2. The molecule has 1 N–H and O–H groups in total. The Morgan fingerprint density at radius 1 is 1.10 bits per heavy atom. The number of rotatable bonds is 2. The molecule has 0 unspecified atom stereocenters. The largest absolute Gasteiger partial charge is 0.391 e. The van der Waals surface area contributed by atoms with Gasteiger partial charge in [-0.3, -0.25) is 9.59 Å². The van der Waals surface area contributed by atoms with Crippen LogP contribution in [0.5, 0.6) is 0 Å². The van der Waals surface area contributed by atoms with Crippen LogP contribution >= 0.6 is 0 Å². The Morgan fingerprint density at radius 3 is 2.63 bits per heavy atom. The highest BCUT2D eigenvalue weighted by Gasteiger charge is 2.44. The van der Waals surface area contributed by atoms with E-state index in [4.69, 9.17) is 0 Å². The van der Waals surface area contributed by atoms with Crippen molar-refractivity contribution >= 4 is 16.9 Å². The summed E-state index contributed by atoms with van der Waals surface area (Å²) in [4.78, 5) is 31.9. The Balaban J connectivity index is 1.38. The molecule has 1 amide bonds. The maximum absolute atomic E-state index is 13.1. The third kappa shape index (κ3) is 2.96. The zero-order valence-electron chi connectivity index (χ0n) is 17.2. The number of aliphatic hydroxyl groups excluding tert-OH is 1. The number of imidazole rings is 1. The first-order chi connectivity index (χ1) is 14.4. The highest BCUT2D eigenvalue weighted by molar-refractivity contribution is 5.94. The molecule has 1 saturated carbocycles. The fourth-order valence-corrected chi connectivity index (χ4v) is 5.18. The summed E-state index contributed by atoms with van der Waals surface area (Å²) >= 11 is 0. The van der Waals surface area contributed by atoms with Crippen molar-refractivity contribution in [2.75, 3.05) is 13.1 Å². The quantitative estimate of drug-likeness (QED) is 0.707. The normalized spacial score (nSPS) is 26.2. The predicted molar refractivity (Wildman–Crippen MR) is 113 cm³/mol. The SMILES string of the molecule is Cc1ccc(C(=O)N2C[C@H]3C[C@@H](n4cnc5ccccc54)[C@H](O)C[C@H]3C2)c(=O)n1C. The fraction of sp³-hybridized carbons (Fsp3) is 0.435. The minimum absolute atomic E-state index is 0.0547. The number of hydrogen-bond acceptors (Lipinski definition) is 4. The predicted octanol–water partition coefficient (Wildman–Crippen LogP) is 2.13. The van der Waals surface area contributed by atoms with Crippen molar-refractivity contribution in [1.29, 1.82) is 0 Å². The summed E-state index contributed by atoms with van der Waals surface area (Å²) in [5.74, 6) is 0.353. The van der Waals surface area contributed by atoms with E-state index in [1.807, 2.05) is 43.6 Å². The van der Waals surface area contributed by atoms with E-state index in [-0.39, 0.29) is 29.0 Å². The minimum atomic E-state index is -0.480. The zero-order chi connectivity index (χ0) is 21.0. The lowest BCUT2D eigenvalue weighted by atomic mass is 9.77. The summed E-state index contributed by atoms with van der Waals surface area (Å²) in [6.45, 7) is 3.06. The molecular formula is C23H26N4O3. The van der Waals surface area contributed by atoms with Crippen LogP contribution < -0.4 is 5.56 Å². The van der Waals surface area contributed by atoms with Crippen molar-refractivity contribution in [2.45, 2.75) is 31.9 Å². The summed E-state index contributed by atoms with van der Waals surface area (Å²) < 4.78 is 3.59. The van der Waals surface area contributed by atoms with E-state index in [0.29, 0.717) is 25.4 Å². The van der Waals surface area contributed by atoms with Gasteiger partial charge in [0.15, 0.2) is 0 Å². The van der Waals surface area contributed by atoms with Crippen LogP contribution in [-0.2, 0) is 7.05 Å². The van der Waals surface area contributed by atoms with Crippen LogP contribution in [0, 0.1) is 18.8 Å². The van der Waals surface area contributed by atoms with E-state index in [2.05, 4.69) is 9.55 Å². The van der Waals surface area contributed by atoms with Gasteiger partial charge in [-0.15, -0.1) is 0 Å². The number of benzene rings is 1. The Kier molecular flexibility index (Phi) is 4.50. The number of pyridine rings is 1. The van der Waals surface area contributed by atoms with E-state index in [1.54, 1.807) is 18.0 Å². The first kappa shape index (κ1) is 19.1. The molecule has 7 nitrogen and oxygen atoms in total.